The van der Waals surface area contributed by atoms with E-state index in [1.807, 2.05) is 5.01 Å². The van der Waals surface area contributed by atoms with E-state index in [-0.39, 0.29) is 11.9 Å². The molecular formula is C24H25N3OS. The van der Waals surface area contributed by atoms with E-state index in [9.17, 15) is 4.79 Å². The van der Waals surface area contributed by atoms with Crippen molar-refractivity contribution in [3.05, 3.63) is 81.5 Å². The Labute approximate surface area is 176 Å². The second kappa shape index (κ2) is 7.84. The van der Waals surface area contributed by atoms with Gasteiger partial charge in [-0.05, 0) is 62.2 Å². The SMILES string of the molecule is CCc1ccc(N2C(C(C)=O)=NN(c3ccc(C)cc3)[C@H]2c2ccc(C)s2)cc1. The Morgan fingerprint density at radius 2 is 1.62 bits per heavy atom. The zero-order valence-electron chi connectivity index (χ0n) is 17.2. The van der Waals surface area contributed by atoms with Gasteiger partial charge in [-0.15, -0.1) is 16.4 Å². The molecule has 3 aromatic rings. The van der Waals surface area contributed by atoms with Gasteiger partial charge in [-0.25, -0.2) is 5.01 Å². The van der Waals surface area contributed by atoms with Crippen molar-refractivity contribution in [3.8, 4) is 0 Å². The molecule has 1 atom stereocenters. The molecule has 1 aliphatic rings. The highest BCUT2D eigenvalue weighted by atomic mass is 32.1. The molecule has 0 spiro atoms. The smallest absolute Gasteiger partial charge is 0.198 e. The van der Waals surface area contributed by atoms with Gasteiger partial charge in [0.25, 0.3) is 0 Å². The summed E-state index contributed by atoms with van der Waals surface area (Å²) in [6.07, 6.45) is 0.791. The van der Waals surface area contributed by atoms with Crippen LogP contribution in [0.5, 0.6) is 0 Å². The fourth-order valence-corrected chi connectivity index (χ4v) is 4.52. The summed E-state index contributed by atoms with van der Waals surface area (Å²) in [6, 6.07) is 21.0. The van der Waals surface area contributed by atoms with Crippen LogP contribution < -0.4 is 9.91 Å². The van der Waals surface area contributed by atoms with E-state index in [1.54, 1.807) is 18.3 Å². The fraction of sp³-hybridized carbons (Fsp3) is 0.250. The van der Waals surface area contributed by atoms with Crippen molar-refractivity contribution in [2.24, 2.45) is 5.10 Å². The number of hydrogen-bond acceptors (Lipinski definition) is 5. The lowest BCUT2D eigenvalue weighted by atomic mass is 10.1. The van der Waals surface area contributed by atoms with Gasteiger partial charge in [0.05, 0.1) is 5.69 Å². The number of thiophene rings is 1. The highest BCUT2D eigenvalue weighted by Crippen LogP contribution is 2.41. The molecule has 1 aromatic heterocycles. The van der Waals surface area contributed by atoms with Gasteiger partial charge in [0.15, 0.2) is 17.8 Å². The second-order valence-electron chi connectivity index (χ2n) is 7.37. The first kappa shape index (κ1) is 19.4. The Kier molecular flexibility index (Phi) is 5.24. The molecule has 0 saturated carbocycles. The van der Waals surface area contributed by atoms with E-state index in [4.69, 9.17) is 5.10 Å². The summed E-state index contributed by atoms with van der Waals surface area (Å²) in [4.78, 5) is 17.0. The highest BCUT2D eigenvalue weighted by Gasteiger charge is 2.39. The fourth-order valence-electron chi connectivity index (χ4n) is 3.56. The molecule has 0 saturated heterocycles. The van der Waals surface area contributed by atoms with Crippen LogP contribution in [-0.4, -0.2) is 11.6 Å². The summed E-state index contributed by atoms with van der Waals surface area (Å²) in [5.41, 5.74) is 4.41. The van der Waals surface area contributed by atoms with Gasteiger partial charge in [-0.1, -0.05) is 36.8 Å². The Bertz CT molecular complexity index is 1050. The molecule has 2 heterocycles. The number of ketones is 1. The number of carbonyl (C=O) groups is 1. The maximum atomic E-state index is 12.6. The van der Waals surface area contributed by atoms with Crippen LogP contribution in [0.15, 0.2) is 65.8 Å². The van der Waals surface area contributed by atoms with Crippen LogP contribution in [0.1, 0.15) is 40.9 Å². The molecule has 1 aliphatic heterocycles. The largest absolute Gasteiger partial charge is 0.294 e. The third kappa shape index (κ3) is 3.70. The van der Waals surface area contributed by atoms with Crippen LogP contribution >= 0.6 is 11.3 Å². The zero-order chi connectivity index (χ0) is 20.5. The van der Waals surface area contributed by atoms with Gasteiger partial charge in [0.1, 0.15) is 0 Å². The average Bonchev–Trinajstić information content (AvgIpc) is 3.32. The average molecular weight is 404 g/mol. The zero-order valence-corrected chi connectivity index (χ0v) is 18.0. The summed E-state index contributed by atoms with van der Waals surface area (Å²) in [5.74, 6) is 0.420. The van der Waals surface area contributed by atoms with E-state index in [1.165, 1.54) is 16.0 Å². The lowest BCUT2D eigenvalue weighted by Crippen LogP contribution is -2.37. The predicted octanol–water partition coefficient (Wildman–Crippen LogP) is 5.86. The van der Waals surface area contributed by atoms with Crippen LogP contribution in [0.4, 0.5) is 11.4 Å². The molecule has 5 heteroatoms. The summed E-state index contributed by atoms with van der Waals surface area (Å²) in [5, 5.41) is 6.76. The number of rotatable bonds is 5. The number of benzene rings is 2. The van der Waals surface area contributed by atoms with Gasteiger partial charge in [0.2, 0.25) is 0 Å². The molecule has 0 aliphatic carbocycles. The topological polar surface area (TPSA) is 35.9 Å². The highest BCUT2D eigenvalue weighted by molar-refractivity contribution is 7.12. The predicted molar refractivity (Wildman–Crippen MR) is 122 cm³/mol. The molecule has 0 bridgehead atoms. The summed E-state index contributed by atoms with van der Waals surface area (Å²) in [6.45, 7) is 7.90. The first-order valence-electron chi connectivity index (χ1n) is 9.88. The van der Waals surface area contributed by atoms with Crippen molar-refractivity contribution in [1.82, 2.24) is 0 Å². The lowest BCUT2D eigenvalue weighted by molar-refractivity contribution is -0.111. The molecule has 0 fully saturated rings. The Balaban J connectivity index is 1.86. The number of carbonyl (C=O) groups excluding carboxylic acids is 1. The lowest BCUT2D eigenvalue weighted by Gasteiger charge is -2.31. The third-order valence-corrected chi connectivity index (χ3v) is 6.20. The first-order valence-corrected chi connectivity index (χ1v) is 10.7. The minimum absolute atomic E-state index is 0.0440. The molecule has 0 radical (unpaired) electrons. The quantitative estimate of drug-likeness (QED) is 0.536. The molecule has 0 N–H and O–H groups in total. The normalized spacial score (nSPS) is 16.3. The summed E-state index contributed by atoms with van der Waals surface area (Å²) in [7, 11) is 0. The molecule has 4 rings (SSSR count). The van der Waals surface area contributed by atoms with Crippen LogP contribution in [0.2, 0.25) is 0 Å². The summed E-state index contributed by atoms with van der Waals surface area (Å²) < 4.78 is 0. The maximum absolute atomic E-state index is 12.6. The molecule has 4 nitrogen and oxygen atoms in total. The number of nitrogens with zero attached hydrogens (tertiary/aromatic N) is 3. The number of Topliss-reactive ketones (excluding diaryl/α,β-unsaturated/α-hetero) is 1. The van der Waals surface area contributed by atoms with Gasteiger partial charge in [0, 0.05) is 22.4 Å². The van der Waals surface area contributed by atoms with Crippen molar-refractivity contribution >= 4 is 34.3 Å². The molecule has 2 aromatic carbocycles. The van der Waals surface area contributed by atoms with Crippen molar-refractivity contribution in [2.75, 3.05) is 9.91 Å². The first-order chi connectivity index (χ1) is 14.0. The van der Waals surface area contributed by atoms with Gasteiger partial charge < -0.3 is 0 Å². The summed E-state index contributed by atoms with van der Waals surface area (Å²) >= 11 is 1.74. The molecule has 0 amide bonds. The third-order valence-electron chi connectivity index (χ3n) is 5.16. The molecule has 0 unspecified atom stereocenters. The number of hydrazone groups is 1. The molecule has 29 heavy (non-hydrogen) atoms. The maximum Gasteiger partial charge on any atom is 0.198 e. The standard InChI is InChI=1S/C24H25N3OS/c1-5-19-9-13-20(14-10-19)26-23(18(4)28)25-27(21-11-6-16(2)7-12-21)24(26)22-15-8-17(3)29-22/h6-15,24H,5H2,1-4H3/t24-/m0/s1. The van der Waals surface area contributed by atoms with Crippen molar-refractivity contribution in [3.63, 3.8) is 0 Å². The molecular weight excluding hydrogens is 378 g/mol. The second-order valence-corrected chi connectivity index (χ2v) is 8.69. The van der Waals surface area contributed by atoms with Crippen molar-refractivity contribution < 1.29 is 4.79 Å². The van der Waals surface area contributed by atoms with E-state index in [0.29, 0.717) is 5.84 Å². The Morgan fingerprint density at radius 1 is 0.966 bits per heavy atom. The van der Waals surface area contributed by atoms with Crippen LogP contribution in [0.25, 0.3) is 0 Å². The number of anilines is 2. The van der Waals surface area contributed by atoms with Gasteiger partial charge in [-0.3, -0.25) is 9.69 Å². The number of amidine groups is 1. The van der Waals surface area contributed by atoms with Gasteiger partial charge >= 0.3 is 0 Å². The Morgan fingerprint density at radius 3 is 2.17 bits per heavy atom. The minimum Gasteiger partial charge on any atom is -0.294 e. The number of aryl methyl sites for hydroxylation is 3. The van der Waals surface area contributed by atoms with E-state index in [2.05, 4.69) is 86.3 Å². The van der Waals surface area contributed by atoms with Crippen LogP contribution in [0, 0.1) is 13.8 Å². The van der Waals surface area contributed by atoms with Crippen molar-refractivity contribution in [2.45, 2.75) is 40.3 Å². The number of hydrogen-bond donors (Lipinski definition) is 0. The van der Waals surface area contributed by atoms with Crippen LogP contribution in [-0.2, 0) is 11.2 Å². The Hall–Kier alpha value is -2.92. The van der Waals surface area contributed by atoms with E-state index >= 15 is 0 Å². The van der Waals surface area contributed by atoms with Crippen LogP contribution in [0.3, 0.4) is 0 Å². The molecule has 148 valence electrons. The monoisotopic (exact) mass is 403 g/mol. The van der Waals surface area contributed by atoms with E-state index < -0.39 is 0 Å². The minimum atomic E-state index is -0.192. The van der Waals surface area contributed by atoms with E-state index in [0.717, 1.165) is 22.7 Å². The van der Waals surface area contributed by atoms with Gasteiger partial charge in [-0.2, -0.15) is 0 Å². The van der Waals surface area contributed by atoms with Crippen molar-refractivity contribution in [1.29, 1.82) is 0 Å².